The molecular formula is C39H50N8O4. The zero-order chi connectivity index (χ0) is 35.8. The molecule has 1 aliphatic heterocycles. The lowest BCUT2D eigenvalue weighted by Gasteiger charge is -2.29. The van der Waals surface area contributed by atoms with Crippen LogP contribution in [0.25, 0.3) is 17.0 Å². The minimum Gasteiger partial charge on any atom is -0.492 e. The number of rotatable bonds is 12. The van der Waals surface area contributed by atoms with E-state index in [2.05, 4.69) is 31.0 Å². The van der Waals surface area contributed by atoms with E-state index in [9.17, 15) is 4.79 Å². The fraction of sp³-hybridized carbons (Fsp3) is 0.436. The number of hydrogen-bond acceptors (Lipinski definition) is 9. The number of benzene rings is 2. The van der Waals surface area contributed by atoms with Crippen molar-refractivity contribution in [2.24, 2.45) is 5.41 Å². The lowest BCUT2D eigenvalue weighted by atomic mass is 9.90. The molecule has 4 aromatic rings. The first-order valence-corrected chi connectivity index (χ1v) is 17.9. The van der Waals surface area contributed by atoms with E-state index in [4.69, 9.17) is 19.6 Å². The number of amides is 2. The van der Waals surface area contributed by atoms with Gasteiger partial charge in [0.15, 0.2) is 11.5 Å². The summed E-state index contributed by atoms with van der Waals surface area (Å²) in [7, 11) is 0. The van der Waals surface area contributed by atoms with Crippen LogP contribution in [0.2, 0.25) is 0 Å². The number of carbonyl (C=O) groups excluding carboxylic acids is 1. The number of aryl methyl sites for hydroxylation is 1. The number of anilines is 1. The van der Waals surface area contributed by atoms with Gasteiger partial charge in [-0.05, 0) is 69.0 Å². The number of fused-ring (bicyclic) bond motifs is 1. The molecule has 0 bridgehead atoms. The number of nitrogens with one attached hydrogen (secondary N) is 4. The van der Waals surface area contributed by atoms with Crippen molar-refractivity contribution in [3.8, 4) is 22.9 Å². The fourth-order valence-corrected chi connectivity index (χ4v) is 6.10. The summed E-state index contributed by atoms with van der Waals surface area (Å²) in [5.41, 5.74) is 3.67. The van der Waals surface area contributed by atoms with Crippen molar-refractivity contribution < 1.29 is 19.0 Å². The first-order valence-electron chi connectivity index (χ1n) is 17.9. The molecule has 12 heteroatoms. The average molecular weight is 695 g/mol. The van der Waals surface area contributed by atoms with Crippen LogP contribution >= 0.6 is 0 Å². The van der Waals surface area contributed by atoms with E-state index in [-0.39, 0.29) is 23.6 Å². The Morgan fingerprint density at radius 2 is 1.76 bits per heavy atom. The number of hydrogen-bond donors (Lipinski definition) is 4. The number of morpholine rings is 1. The van der Waals surface area contributed by atoms with Crippen molar-refractivity contribution >= 4 is 23.1 Å². The molecule has 0 spiro atoms. The quantitative estimate of drug-likeness (QED) is 0.125. The smallest absolute Gasteiger partial charge is 0.320 e. The molecule has 0 unspecified atom stereocenters. The summed E-state index contributed by atoms with van der Waals surface area (Å²) in [6, 6.07) is 19.4. The molecule has 51 heavy (non-hydrogen) atoms. The SMILES string of the molecule is Cc1ccc(N/C(=C\C(=N)C(C)(C)C)NC(=O)N[C@H]2CC[C@H](Oc3ccc4nnc(-c5cccc(OCCN6CCOCC6)c5)n4c3)CC2)cc1. The summed E-state index contributed by atoms with van der Waals surface area (Å²) >= 11 is 0. The topological polar surface area (TPSA) is 138 Å². The summed E-state index contributed by atoms with van der Waals surface area (Å²) < 4.78 is 19.9. The summed E-state index contributed by atoms with van der Waals surface area (Å²) in [5.74, 6) is 2.72. The second kappa shape index (κ2) is 16.4. The van der Waals surface area contributed by atoms with E-state index >= 15 is 0 Å². The Morgan fingerprint density at radius 3 is 2.51 bits per heavy atom. The van der Waals surface area contributed by atoms with Gasteiger partial charge in [-0.1, -0.05) is 50.6 Å². The predicted octanol–water partition coefficient (Wildman–Crippen LogP) is 6.42. The zero-order valence-electron chi connectivity index (χ0n) is 30.1. The van der Waals surface area contributed by atoms with E-state index in [0.717, 1.165) is 98.3 Å². The van der Waals surface area contributed by atoms with Gasteiger partial charge < -0.3 is 30.3 Å². The third-order valence-corrected chi connectivity index (χ3v) is 9.24. The minimum absolute atomic E-state index is 0.0165. The standard InChI is InChI=1S/C39H50N8O4/c1-27-8-10-29(11-9-27)41-35(25-34(40)39(2,3)4)43-38(48)42-30-12-14-31(15-13-30)51-33-16-17-36-44-45-37(47(36)26-33)28-6-5-7-32(24-28)50-23-20-46-18-21-49-22-19-46/h5-11,16-17,24-26,30-31,40-41H,12-15,18-23H2,1-4H3,(H2,42,43,48)/b35-25+,40-34?/t30-,31-. The van der Waals surface area contributed by atoms with Crippen molar-refractivity contribution in [2.75, 3.05) is 44.8 Å². The molecule has 0 atom stereocenters. The highest BCUT2D eigenvalue weighted by molar-refractivity contribution is 5.97. The van der Waals surface area contributed by atoms with E-state index in [0.29, 0.717) is 18.1 Å². The number of allylic oxidation sites excluding steroid dienone is 1. The maximum Gasteiger partial charge on any atom is 0.320 e. The Kier molecular flexibility index (Phi) is 11.5. The lowest BCUT2D eigenvalue weighted by molar-refractivity contribution is 0.0322. The van der Waals surface area contributed by atoms with E-state index in [1.54, 1.807) is 6.08 Å². The van der Waals surface area contributed by atoms with Crippen LogP contribution in [0.3, 0.4) is 0 Å². The largest absolute Gasteiger partial charge is 0.492 e. The van der Waals surface area contributed by atoms with Crippen LogP contribution in [-0.2, 0) is 4.74 Å². The summed E-state index contributed by atoms with van der Waals surface area (Å²) in [5, 5.41) is 26.7. The number of urea groups is 1. The van der Waals surface area contributed by atoms with Crippen LogP contribution in [-0.4, -0.2) is 82.8 Å². The van der Waals surface area contributed by atoms with Gasteiger partial charge >= 0.3 is 6.03 Å². The molecule has 2 aromatic heterocycles. The third-order valence-electron chi connectivity index (χ3n) is 9.24. The predicted molar refractivity (Wildman–Crippen MR) is 200 cm³/mol. The maximum atomic E-state index is 13.1. The van der Waals surface area contributed by atoms with E-state index in [1.807, 2.05) is 99.0 Å². The van der Waals surface area contributed by atoms with Crippen LogP contribution in [0.1, 0.15) is 52.0 Å². The molecule has 4 N–H and O–H groups in total. The van der Waals surface area contributed by atoms with E-state index in [1.165, 1.54) is 0 Å². The Labute approximate surface area is 300 Å². The minimum atomic E-state index is -0.361. The Hall–Kier alpha value is -4.94. The van der Waals surface area contributed by atoms with Crippen LogP contribution in [0.5, 0.6) is 11.5 Å². The first-order chi connectivity index (χ1) is 24.6. The fourth-order valence-electron chi connectivity index (χ4n) is 6.10. The number of ether oxygens (including phenoxy) is 3. The average Bonchev–Trinajstić information content (AvgIpc) is 3.54. The number of carbonyl (C=O) groups is 1. The van der Waals surface area contributed by atoms with Crippen LogP contribution in [0.4, 0.5) is 10.5 Å². The molecule has 270 valence electrons. The number of pyridine rings is 1. The van der Waals surface area contributed by atoms with Crippen molar-refractivity contribution in [3.63, 3.8) is 0 Å². The summed E-state index contributed by atoms with van der Waals surface area (Å²) in [6.07, 6.45) is 6.84. The van der Waals surface area contributed by atoms with Gasteiger partial charge in [-0.25, -0.2) is 4.79 Å². The van der Waals surface area contributed by atoms with Gasteiger partial charge in [-0.2, -0.15) is 0 Å². The Bertz CT molecular complexity index is 1820. The number of aromatic nitrogens is 3. The highest BCUT2D eigenvalue weighted by atomic mass is 16.5. The van der Waals surface area contributed by atoms with Gasteiger partial charge in [0.1, 0.15) is 23.9 Å². The Morgan fingerprint density at radius 1 is 1.00 bits per heavy atom. The van der Waals surface area contributed by atoms with Gasteiger partial charge in [-0.15, -0.1) is 10.2 Å². The van der Waals surface area contributed by atoms with Gasteiger partial charge in [0.2, 0.25) is 0 Å². The van der Waals surface area contributed by atoms with Crippen molar-refractivity contribution in [1.82, 2.24) is 30.1 Å². The molecule has 1 aliphatic carbocycles. The third kappa shape index (κ3) is 10.1. The van der Waals surface area contributed by atoms with Crippen molar-refractivity contribution in [2.45, 2.75) is 65.5 Å². The normalized spacial score (nSPS) is 18.6. The molecule has 1 saturated heterocycles. The van der Waals surface area contributed by atoms with Crippen molar-refractivity contribution in [1.29, 1.82) is 5.41 Å². The second-order valence-corrected chi connectivity index (χ2v) is 14.3. The monoisotopic (exact) mass is 694 g/mol. The molecule has 6 rings (SSSR count). The number of nitrogens with zero attached hydrogens (tertiary/aromatic N) is 4. The lowest BCUT2D eigenvalue weighted by Crippen LogP contribution is -2.45. The highest BCUT2D eigenvalue weighted by Crippen LogP contribution is 2.28. The molecule has 1 saturated carbocycles. The maximum absolute atomic E-state index is 13.1. The highest BCUT2D eigenvalue weighted by Gasteiger charge is 2.25. The second-order valence-electron chi connectivity index (χ2n) is 14.3. The van der Waals surface area contributed by atoms with Crippen LogP contribution in [0, 0.1) is 17.7 Å². The molecule has 0 radical (unpaired) electrons. The van der Waals surface area contributed by atoms with Gasteiger partial charge in [0.05, 0.1) is 25.5 Å². The van der Waals surface area contributed by atoms with Crippen molar-refractivity contribution in [3.05, 3.63) is 84.3 Å². The van der Waals surface area contributed by atoms with Gasteiger partial charge in [0.25, 0.3) is 0 Å². The van der Waals surface area contributed by atoms with Crippen LogP contribution in [0.15, 0.2) is 78.8 Å². The molecule has 2 fully saturated rings. The summed E-state index contributed by atoms with van der Waals surface area (Å²) in [6.45, 7) is 12.8. The first kappa shape index (κ1) is 35.9. The molecule has 2 amide bonds. The van der Waals surface area contributed by atoms with E-state index < -0.39 is 0 Å². The van der Waals surface area contributed by atoms with Gasteiger partial charge in [-0.3, -0.25) is 14.6 Å². The molecule has 3 heterocycles. The summed E-state index contributed by atoms with van der Waals surface area (Å²) in [4.78, 5) is 15.5. The van der Waals surface area contributed by atoms with Crippen LogP contribution < -0.4 is 25.4 Å². The van der Waals surface area contributed by atoms with Gasteiger partial charge in [0, 0.05) is 54.1 Å². The molecule has 2 aliphatic rings. The molecular weight excluding hydrogens is 644 g/mol. The molecule has 2 aromatic carbocycles. The zero-order valence-corrected chi connectivity index (χ0v) is 30.1. The Balaban J connectivity index is 1.02. The molecule has 12 nitrogen and oxygen atoms in total.